The van der Waals surface area contributed by atoms with Crippen molar-refractivity contribution in [3.63, 3.8) is 0 Å². The Balaban J connectivity index is 2.22. The van der Waals surface area contributed by atoms with Crippen LogP contribution in [0, 0.1) is 0 Å². The molecule has 1 heterocycles. The Hall–Kier alpha value is -1.17. The van der Waals surface area contributed by atoms with Crippen LogP contribution in [0.5, 0.6) is 0 Å². The molecule has 0 saturated heterocycles. The van der Waals surface area contributed by atoms with Crippen molar-refractivity contribution in [3.05, 3.63) is 24.3 Å². The predicted molar refractivity (Wildman–Crippen MR) is 77.4 cm³/mol. The van der Waals surface area contributed by atoms with E-state index in [1.54, 1.807) is 18.6 Å². The second kappa shape index (κ2) is 6.68. The van der Waals surface area contributed by atoms with E-state index in [4.69, 9.17) is 10.5 Å². The number of hydrogen-bond acceptors (Lipinski definition) is 5. The standard InChI is InChI=1S/C13H19N3OS/c1-17-10-9-16(8-4-7-14)13-11-5-2-3-6-12(11)15-18-13/h2-3,5-6H,4,7-10,14H2,1H3. The Morgan fingerprint density at radius 2 is 2.17 bits per heavy atom. The molecule has 5 heteroatoms. The van der Waals surface area contributed by atoms with Crippen molar-refractivity contribution in [1.82, 2.24) is 4.37 Å². The summed E-state index contributed by atoms with van der Waals surface area (Å²) in [6.45, 7) is 3.26. The van der Waals surface area contributed by atoms with Gasteiger partial charge in [0.05, 0.1) is 12.1 Å². The van der Waals surface area contributed by atoms with E-state index in [-0.39, 0.29) is 0 Å². The smallest absolute Gasteiger partial charge is 0.120 e. The summed E-state index contributed by atoms with van der Waals surface area (Å²) in [5.41, 5.74) is 6.66. The van der Waals surface area contributed by atoms with Gasteiger partial charge in [0.15, 0.2) is 0 Å². The molecule has 98 valence electrons. The molecule has 0 unspecified atom stereocenters. The molecule has 0 aliphatic rings. The van der Waals surface area contributed by atoms with Gasteiger partial charge in [-0.15, -0.1) is 0 Å². The molecular formula is C13H19N3OS. The average molecular weight is 265 g/mol. The number of ether oxygens (including phenoxy) is 1. The summed E-state index contributed by atoms with van der Waals surface area (Å²) in [5, 5.41) is 2.44. The molecule has 0 amide bonds. The van der Waals surface area contributed by atoms with Gasteiger partial charge in [0.2, 0.25) is 0 Å². The van der Waals surface area contributed by atoms with Crippen molar-refractivity contribution in [1.29, 1.82) is 0 Å². The van der Waals surface area contributed by atoms with E-state index in [1.807, 2.05) is 12.1 Å². The fourth-order valence-electron chi connectivity index (χ4n) is 1.90. The van der Waals surface area contributed by atoms with Gasteiger partial charge in [0.1, 0.15) is 5.00 Å². The molecule has 0 fully saturated rings. The molecule has 4 nitrogen and oxygen atoms in total. The van der Waals surface area contributed by atoms with Crippen LogP contribution >= 0.6 is 11.5 Å². The van der Waals surface area contributed by atoms with Gasteiger partial charge in [-0.1, -0.05) is 12.1 Å². The van der Waals surface area contributed by atoms with Crippen molar-refractivity contribution >= 4 is 27.4 Å². The van der Waals surface area contributed by atoms with Crippen molar-refractivity contribution in [3.8, 4) is 0 Å². The van der Waals surface area contributed by atoms with Crippen LogP contribution < -0.4 is 10.6 Å². The third-order valence-electron chi connectivity index (χ3n) is 2.85. The number of anilines is 1. The van der Waals surface area contributed by atoms with Crippen LogP contribution in [0.4, 0.5) is 5.00 Å². The molecule has 18 heavy (non-hydrogen) atoms. The maximum absolute atomic E-state index is 5.60. The number of rotatable bonds is 7. The molecule has 0 saturated carbocycles. The number of aromatic nitrogens is 1. The first kappa shape index (κ1) is 13.3. The fourth-order valence-corrected chi connectivity index (χ4v) is 2.82. The van der Waals surface area contributed by atoms with Gasteiger partial charge in [0.25, 0.3) is 0 Å². The zero-order valence-corrected chi connectivity index (χ0v) is 11.4. The van der Waals surface area contributed by atoms with Crippen LogP contribution in [0.15, 0.2) is 24.3 Å². The van der Waals surface area contributed by atoms with E-state index in [1.165, 1.54) is 10.4 Å². The summed E-state index contributed by atoms with van der Waals surface area (Å²) in [5.74, 6) is 0. The lowest BCUT2D eigenvalue weighted by Gasteiger charge is -2.22. The monoisotopic (exact) mass is 265 g/mol. The summed E-state index contributed by atoms with van der Waals surface area (Å²) < 4.78 is 9.66. The molecule has 0 radical (unpaired) electrons. The van der Waals surface area contributed by atoms with Gasteiger partial charge >= 0.3 is 0 Å². The molecule has 2 aromatic rings. The second-order valence-electron chi connectivity index (χ2n) is 4.13. The zero-order chi connectivity index (χ0) is 12.8. The Labute approximate surface area is 112 Å². The maximum Gasteiger partial charge on any atom is 0.120 e. The summed E-state index contributed by atoms with van der Waals surface area (Å²) in [6.07, 6.45) is 0.982. The summed E-state index contributed by atoms with van der Waals surface area (Å²) in [4.78, 5) is 2.32. The van der Waals surface area contributed by atoms with Gasteiger partial charge in [0, 0.05) is 25.6 Å². The lowest BCUT2D eigenvalue weighted by molar-refractivity contribution is 0.205. The first-order chi connectivity index (χ1) is 8.86. The minimum absolute atomic E-state index is 0.709. The SMILES string of the molecule is COCCN(CCCN)c1snc2ccccc12. The molecule has 2 N–H and O–H groups in total. The molecule has 0 aliphatic carbocycles. The van der Waals surface area contributed by atoms with E-state index < -0.39 is 0 Å². The third kappa shape index (κ3) is 2.98. The van der Waals surface area contributed by atoms with E-state index in [9.17, 15) is 0 Å². The van der Waals surface area contributed by atoms with E-state index in [0.717, 1.165) is 31.6 Å². The van der Waals surface area contributed by atoms with Crippen molar-refractivity contribution in [2.75, 3.05) is 38.3 Å². The van der Waals surface area contributed by atoms with Crippen LogP contribution in [0.3, 0.4) is 0 Å². The molecule has 0 bridgehead atoms. The largest absolute Gasteiger partial charge is 0.383 e. The Kier molecular flexibility index (Phi) is 4.92. The van der Waals surface area contributed by atoms with E-state index in [0.29, 0.717) is 6.54 Å². The van der Waals surface area contributed by atoms with Gasteiger partial charge < -0.3 is 15.4 Å². The van der Waals surface area contributed by atoms with Gasteiger partial charge in [-0.05, 0) is 36.6 Å². The normalized spacial score (nSPS) is 11.0. The topological polar surface area (TPSA) is 51.4 Å². The van der Waals surface area contributed by atoms with Crippen LogP contribution in [-0.2, 0) is 4.74 Å². The molecule has 0 aliphatic heterocycles. The van der Waals surface area contributed by atoms with Gasteiger partial charge in [-0.2, -0.15) is 4.37 Å². The minimum atomic E-state index is 0.709. The zero-order valence-electron chi connectivity index (χ0n) is 10.6. The number of nitrogens with zero attached hydrogens (tertiary/aromatic N) is 2. The van der Waals surface area contributed by atoms with Crippen LogP contribution in [0.25, 0.3) is 10.9 Å². The maximum atomic E-state index is 5.60. The van der Waals surface area contributed by atoms with E-state index >= 15 is 0 Å². The fraction of sp³-hybridized carbons (Fsp3) is 0.462. The highest BCUT2D eigenvalue weighted by Gasteiger charge is 2.12. The van der Waals surface area contributed by atoms with Crippen molar-refractivity contribution in [2.24, 2.45) is 5.73 Å². The Morgan fingerprint density at radius 3 is 2.94 bits per heavy atom. The van der Waals surface area contributed by atoms with Crippen LogP contribution in [-0.4, -0.2) is 37.7 Å². The first-order valence-electron chi connectivity index (χ1n) is 6.15. The van der Waals surface area contributed by atoms with Gasteiger partial charge in [-0.25, -0.2) is 0 Å². The van der Waals surface area contributed by atoms with Crippen LogP contribution in [0.2, 0.25) is 0 Å². The van der Waals surface area contributed by atoms with Crippen molar-refractivity contribution < 1.29 is 4.74 Å². The highest BCUT2D eigenvalue weighted by atomic mass is 32.1. The predicted octanol–water partition coefficient (Wildman–Crippen LogP) is 2.10. The quantitative estimate of drug-likeness (QED) is 0.833. The lowest BCUT2D eigenvalue weighted by Crippen LogP contribution is -2.29. The first-order valence-corrected chi connectivity index (χ1v) is 6.92. The molecule has 2 rings (SSSR count). The minimum Gasteiger partial charge on any atom is -0.383 e. The highest BCUT2D eigenvalue weighted by Crippen LogP contribution is 2.30. The third-order valence-corrected chi connectivity index (χ3v) is 3.79. The number of benzene rings is 1. The van der Waals surface area contributed by atoms with E-state index in [2.05, 4.69) is 21.4 Å². The molecule has 0 atom stereocenters. The summed E-state index contributed by atoms with van der Waals surface area (Å²) in [7, 11) is 1.73. The van der Waals surface area contributed by atoms with Crippen molar-refractivity contribution in [2.45, 2.75) is 6.42 Å². The highest BCUT2D eigenvalue weighted by molar-refractivity contribution is 7.11. The molecule has 1 aromatic carbocycles. The number of nitrogens with two attached hydrogens (primary N) is 1. The van der Waals surface area contributed by atoms with Gasteiger partial charge in [-0.3, -0.25) is 0 Å². The Bertz CT molecular complexity index is 478. The Morgan fingerprint density at radius 1 is 1.33 bits per heavy atom. The molecule has 0 spiro atoms. The lowest BCUT2D eigenvalue weighted by atomic mass is 10.2. The second-order valence-corrected chi connectivity index (χ2v) is 4.88. The molecular weight excluding hydrogens is 246 g/mol. The average Bonchev–Trinajstić information content (AvgIpc) is 2.83. The summed E-state index contributed by atoms with van der Waals surface area (Å²) in [6, 6.07) is 8.24. The summed E-state index contributed by atoms with van der Waals surface area (Å²) >= 11 is 1.55. The number of methoxy groups -OCH3 is 1. The van der Waals surface area contributed by atoms with Crippen LogP contribution in [0.1, 0.15) is 6.42 Å². The molecule has 1 aromatic heterocycles. The number of fused-ring (bicyclic) bond motifs is 1. The number of hydrogen-bond donors (Lipinski definition) is 1.